The van der Waals surface area contributed by atoms with Gasteiger partial charge in [0.05, 0.1) is 0 Å². The Hall–Kier alpha value is -5.10. The molecular weight excluding hydrogens is 611 g/mol. The van der Waals surface area contributed by atoms with E-state index in [2.05, 4.69) is 171 Å². The fourth-order valence-corrected chi connectivity index (χ4v) is 7.91. The van der Waals surface area contributed by atoms with Gasteiger partial charge >= 0.3 is 0 Å². The second-order valence-corrected chi connectivity index (χ2v) is 14.7. The smallest absolute Gasteiger partial charge is 0.173 e. The second kappa shape index (κ2) is 11.9. The number of hydrogen-bond donors (Lipinski definition) is 0. The molecule has 2 heterocycles. The molecule has 0 atom stereocenters. The van der Waals surface area contributed by atoms with Crippen LogP contribution in [-0.4, -0.2) is 9.36 Å². The average molecular weight is 644 g/mol. The topological polar surface area (TPSA) is 29.0 Å². The van der Waals surface area contributed by atoms with Crippen molar-refractivity contribution in [2.24, 2.45) is 0 Å². The minimum Gasteiger partial charge on any atom is -0.310 e. The Kier molecular flexibility index (Phi) is 7.44. The molecule has 0 aliphatic heterocycles. The predicted molar refractivity (Wildman–Crippen MR) is 202 cm³/mol. The van der Waals surface area contributed by atoms with Gasteiger partial charge in [0.15, 0.2) is 5.82 Å². The van der Waals surface area contributed by atoms with Crippen LogP contribution in [-0.2, 0) is 5.41 Å². The molecule has 0 N–H and O–H groups in total. The van der Waals surface area contributed by atoms with Gasteiger partial charge in [0.25, 0.3) is 0 Å². The average Bonchev–Trinajstić information content (AvgIpc) is 3.74. The molecule has 0 bridgehead atoms. The van der Waals surface area contributed by atoms with Crippen LogP contribution in [0.5, 0.6) is 0 Å². The van der Waals surface area contributed by atoms with Gasteiger partial charge in [-0.1, -0.05) is 112 Å². The van der Waals surface area contributed by atoms with E-state index in [0.717, 1.165) is 39.0 Å². The molecule has 3 nitrogen and oxygen atoms in total. The van der Waals surface area contributed by atoms with Crippen LogP contribution < -0.4 is 4.90 Å². The summed E-state index contributed by atoms with van der Waals surface area (Å²) in [6.45, 7) is 6.70. The highest BCUT2D eigenvalue weighted by Crippen LogP contribution is 2.42. The molecule has 228 valence electrons. The van der Waals surface area contributed by atoms with E-state index in [-0.39, 0.29) is 5.41 Å². The number of benzene rings is 6. The van der Waals surface area contributed by atoms with E-state index in [4.69, 9.17) is 9.36 Å². The van der Waals surface area contributed by atoms with E-state index in [1.165, 1.54) is 48.4 Å². The SMILES string of the molecule is CC(C)(C)c1ccc(-c2nc(-c3ccc(N(c4cccc(-c5ccccc5)c4)c4ccc5c(c4)sc4ccccc45)cc3)ns2)cc1. The molecule has 0 unspecified atom stereocenters. The largest absolute Gasteiger partial charge is 0.310 e. The summed E-state index contributed by atoms with van der Waals surface area (Å²) < 4.78 is 7.33. The van der Waals surface area contributed by atoms with Gasteiger partial charge in [0.2, 0.25) is 0 Å². The van der Waals surface area contributed by atoms with E-state index in [1.54, 1.807) is 0 Å². The molecule has 0 saturated heterocycles. The number of anilines is 3. The highest BCUT2D eigenvalue weighted by atomic mass is 32.1. The Morgan fingerprint density at radius 1 is 0.511 bits per heavy atom. The number of thiophene rings is 1. The maximum atomic E-state index is 4.93. The second-order valence-electron chi connectivity index (χ2n) is 12.8. The molecule has 0 saturated carbocycles. The van der Waals surface area contributed by atoms with Crippen molar-refractivity contribution < 1.29 is 0 Å². The maximum Gasteiger partial charge on any atom is 0.173 e. The molecule has 8 rings (SSSR count). The number of aromatic nitrogens is 2. The quantitative estimate of drug-likeness (QED) is 0.181. The van der Waals surface area contributed by atoms with Gasteiger partial charge in [0, 0.05) is 48.4 Å². The number of fused-ring (bicyclic) bond motifs is 3. The first-order valence-corrected chi connectivity index (χ1v) is 17.4. The van der Waals surface area contributed by atoms with Gasteiger partial charge in [-0.25, -0.2) is 4.98 Å². The highest BCUT2D eigenvalue weighted by Gasteiger charge is 2.18. The third-order valence-corrected chi connectivity index (χ3v) is 10.5. The summed E-state index contributed by atoms with van der Waals surface area (Å²) in [4.78, 5) is 7.27. The minimum absolute atomic E-state index is 0.118. The van der Waals surface area contributed by atoms with Crippen LogP contribution in [0.1, 0.15) is 26.3 Å². The first-order chi connectivity index (χ1) is 22.9. The Morgan fingerprint density at radius 3 is 1.96 bits per heavy atom. The number of hydrogen-bond acceptors (Lipinski definition) is 5. The third kappa shape index (κ3) is 5.73. The minimum atomic E-state index is 0.118. The zero-order valence-electron chi connectivity index (χ0n) is 26.5. The number of rotatable bonds is 6. The zero-order chi connectivity index (χ0) is 32.0. The Balaban J connectivity index is 1.17. The van der Waals surface area contributed by atoms with Gasteiger partial charge in [-0.05, 0) is 88.2 Å². The van der Waals surface area contributed by atoms with Crippen molar-refractivity contribution in [3.8, 4) is 33.1 Å². The molecule has 0 aliphatic carbocycles. The van der Waals surface area contributed by atoms with Crippen LogP contribution in [0.25, 0.3) is 53.3 Å². The summed E-state index contributed by atoms with van der Waals surface area (Å²) in [6, 6.07) is 52.2. The lowest BCUT2D eigenvalue weighted by molar-refractivity contribution is 0.590. The van der Waals surface area contributed by atoms with Crippen LogP contribution in [0.2, 0.25) is 0 Å². The standard InChI is InChI=1S/C42H33N3S2/c1-42(2,3)32-20-16-30(17-21-32)41-43-40(44-47-41)29-18-22-33(23-19-29)45(34-13-9-12-31(26-34)28-10-5-4-6-11-28)35-24-25-37-36-14-7-8-15-38(36)46-39(37)27-35/h4-27H,1-3H3. The normalized spacial score (nSPS) is 11.7. The van der Waals surface area contributed by atoms with Gasteiger partial charge in [-0.2, -0.15) is 4.37 Å². The Morgan fingerprint density at radius 2 is 1.17 bits per heavy atom. The van der Waals surface area contributed by atoms with Gasteiger partial charge in [-0.15, -0.1) is 11.3 Å². The highest BCUT2D eigenvalue weighted by molar-refractivity contribution is 7.25. The van der Waals surface area contributed by atoms with Gasteiger partial charge < -0.3 is 4.90 Å². The molecule has 0 aliphatic rings. The van der Waals surface area contributed by atoms with Crippen molar-refractivity contribution >= 4 is 60.1 Å². The van der Waals surface area contributed by atoms with Gasteiger partial charge in [-0.3, -0.25) is 0 Å². The molecule has 0 amide bonds. The van der Waals surface area contributed by atoms with Crippen molar-refractivity contribution in [1.29, 1.82) is 0 Å². The predicted octanol–water partition coefficient (Wildman–Crippen LogP) is 12.7. The van der Waals surface area contributed by atoms with E-state index in [9.17, 15) is 0 Å². The summed E-state index contributed by atoms with van der Waals surface area (Å²) in [5.41, 5.74) is 9.21. The molecule has 5 heteroatoms. The van der Waals surface area contributed by atoms with E-state index >= 15 is 0 Å². The first kappa shape index (κ1) is 29.3. The van der Waals surface area contributed by atoms with Crippen molar-refractivity contribution in [3.63, 3.8) is 0 Å². The van der Waals surface area contributed by atoms with Crippen molar-refractivity contribution in [1.82, 2.24) is 9.36 Å². The lowest BCUT2D eigenvalue weighted by atomic mass is 9.87. The number of nitrogens with zero attached hydrogens (tertiary/aromatic N) is 3. The van der Waals surface area contributed by atoms with Crippen molar-refractivity contribution in [2.75, 3.05) is 4.90 Å². The molecule has 0 spiro atoms. The third-order valence-electron chi connectivity index (χ3n) is 8.64. The molecule has 0 radical (unpaired) electrons. The lowest BCUT2D eigenvalue weighted by Gasteiger charge is -2.26. The summed E-state index contributed by atoms with van der Waals surface area (Å²) >= 11 is 3.29. The van der Waals surface area contributed by atoms with Crippen LogP contribution in [0.3, 0.4) is 0 Å². The molecule has 47 heavy (non-hydrogen) atoms. The molecule has 0 fully saturated rings. The Labute approximate surface area is 283 Å². The molecule has 6 aromatic carbocycles. The van der Waals surface area contributed by atoms with Crippen molar-refractivity contribution in [2.45, 2.75) is 26.2 Å². The first-order valence-electron chi connectivity index (χ1n) is 15.8. The van der Waals surface area contributed by atoms with Crippen LogP contribution >= 0.6 is 22.9 Å². The molecule has 2 aromatic heterocycles. The molecular formula is C42H33N3S2. The van der Waals surface area contributed by atoms with E-state index in [0.29, 0.717) is 0 Å². The monoisotopic (exact) mass is 643 g/mol. The summed E-state index contributed by atoms with van der Waals surface area (Å²) in [5.74, 6) is 0.751. The fraction of sp³-hybridized carbons (Fsp3) is 0.0952. The summed E-state index contributed by atoms with van der Waals surface area (Å²) in [5, 5.41) is 3.53. The molecule has 8 aromatic rings. The summed E-state index contributed by atoms with van der Waals surface area (Å²) in [7, 11) is 0. The maximum absolute atomic E-state index is 4.93. The van der Waals surface area contributed by atoms with E-state index in [1.807, 2.05) is 11.3 Å². The van der Waals surface area contributed by atoms with E-state index < -0.39 is 0 Å². The van der Waals surface area contributed by atoms with Gasteiger partial charge in [0.1, 0.15) is 5.01 Å². The lowest BCUT2D eigenvalue weighted by Crippen LogP contribution is -2.10. The van der Waals surface area contributed by atoms with Crippen molar-refractivity contribution in [3.05, 3.63) is 151 Å². The zero-order valence-corrected chi connectivity index (χ0v) is 28.1. The van der Waals surface area contributed by atoms with Crippen LogP contribution in [0.15, 0.2) is 146 Å². The Bertz CT molecular complexity index is 2330. The summed E-state index contributed by atoms with van der Waals surface area (Å²) in [6.07, 6.45) is 0. The fourth-order valence-electron chi connectivity index (χ4n) is 6.09. The van der Waals surface area contributed by atoms with Crippen LogP contribution in [0, 0.1) is 0 Å². The van der Waals surface area contributed by atoms with Crippen LogP contribution in [0.4, 0.5) is 17.1 Å².